The largest absolute Gasteiger partial charge is 0.481 e. The molecule has 3 N–H and O–H groups in total. The lowest BCUT2D eigenvalue weighted by Crippen LogP contribution is -2.33. The molecule has 2 amide bonds. The SMILES string of the molecule is NC(=O)CCC(C=O)C1C(=O)N(CCCCCC(=O)O)c2ccccc21. The quantitative estimate of drug-likeness (QED) is 0.461. The number of unbranched alkanes of at least 4 members (excludes halogenated alkanes) is 2. The first-order valence-electron chi connectivity index (χ1n) is 8.81. The molecule has 1 aliphatic heterocycles. The van der Waals surface area contributed by atoms with Crippen LogP contribution in [0.4, 0.5) is 5.69 Å². The molecule has 0 bridgehead atoms. The fraction of sp³-hybridized carbons (Fsp3) is 0.474. The van der Waals surface area contributed by atoms with Crippen molar-refractivity contribution < 1.29 is 24.3 Å². The minimum absolute atomic E-state index is 0.0601. The second-order valence-electron chi connectivity index (χ2n) is 6.54. The highest BCUT2D eigenvalue weighted by molar-refractivity contribution is 6.06. The molecule has 0 spiro atoms. The number of carbonyl (C=O) groups excluding carboxylic acids is 3. The molecule has 0 aliphatic carbocycles. The van der Waals surface area contributed by atoms with Gasteiger partial charge in [0.25, 0.3) is 0 Å². The number of fused-ring (bicyclic) bond motifs is 1. The van der Waals surface area contributed by atoms with E-state index in [-0.39, 0.29) is 25.2 Å². The van der Waals surface area contributed by atoms with Gasteiger partial charge < -0.3 is 20.5 Å². The first kappa shape index (κ1) is 19.6. The van der Waals surface area contributed by atoms with Crippen LogP contribution in [-0.2, 0) is 19.2 Å². The van der Waals surface area contributed by atoms with Crippen LogP contribution in [-0.4, -0.2) is 35.7 Å². The smallest absolute Gasteiger partial charge is 0.303 e. The summed E-state index contributed by atoms with van der Waals surface area (Å²) in [5.41, 5.74) is 6.75. The van der Waals surface area contributed by atoms with E-state index in [1.807, 2.05) is 24.3 Å². The van der Waals surface area contributed by atoms with Crippen molar-refractivity contribution in [3.05, 3.63) is 29.8 Å². The average molecular weight is 360 g/mol. The van der Waals surface area contributed by atoms with Gasteiger partial charge in [-0.1, -0.05) is 24.6 Å². The van der Waals surface area contributed by atoms with Crippen molar-refractivity contribution >= 4 is 29.8 Å². The highest BCUT2D eigenvalue weighted by Crippen LogP contribution is 2.42. The number of hydrogen-bond acceptors (Lipinski definition) is 4. The zero-order chi connectivity index (χ0) is 19.1. The molecule has 140 valence electrons. The summed E-state index contributed by atoms with van der Waals surface area (Å²) >= 11 is 0. The van der Waals surface area contributed by atoms with Gasteiger partial charge in [-0.05, 0) is 30.9 Å². The van der Waals surface area contributed by atoms with Crippen molar-refractivity contribution in [3.8, 4) is 0 Å². The van der Waals surface area contributed by atoms with Crippen molar-refractivity contribution in [2.24, 2.45) is 11.7 Å². The Morgan fingerprint density at radius 1 is 1.19 bits per heavy atom. The number of nitrogens with two attached hydrogens (primary N) is 1. The molecule has 0 fully saturated rings. The molecule has 2 unspecified atom stereocenters. The van der Waals surface area contributed by atoms with Crippen molar-refractivity contribution in [2.75, 3.05) is 11.4 Å². The van der Waals surface area contributed by atoms with Crippen LogP contribution in [0.2, 0.25) is 0 Å². The van der Waals surface area contributed by atoms with Crippen LogP contribution < -0.4 is 10.6 Å². The number of carboxylic acid groups (broad SMARTS) is 1. The molecule has 2 rings (SSSR count). The van der Waals surface area contributed by atoms with Crippen LogP contribution >= 0.6 is 0 Å². The van der Waals surface area contributed by atoms with E-state index in [4.69, 9.17) is 10.8 Å². The summed E-state index contributed by atoms with van der Waals surface area (Å²) in [6.45, 7) is 0.480. The molecule has 7 heteroatoms. The third-order valence-electron chi connectivity index (χ3n) is 4.69. The van der Waals surface area contributed by atoms with E-state index in [0.717, 1.165) is 17.5 Å². The predicted octanol–water partition coefficient (Wildman–Crippen LogP) is 1.84. The van der Waals surface area contributed by atoms with Gasteiger partial charge in [0.05, 0.1) is 5.92 Å². The molecule has 26 heavy (non-hydrogen) atoms. The molecule has 0 saturated carbocycles. The van der Waals surface area contributed by atoms with Crippen LogP contribution in [0.3, 0.4) is 0 Å². The number of hydrogen-bond donors (Lipinski definition) is 2. The number of aliphatic carboxylic acids is 1. The van der Waals surface area contributed by atoms with E-state index in [9.17, 15) is 19.2 Å². The normalized spacial score (nSPS) is 17.0. The molecule has 1 heterocycles. The lowest BCUT2D eigenvalue weighted by Gasteiger charge is -2.20. The molecule has 0 saturated heterocycles. The highest BCUT2D eigenvalue weighted by Gasteiger charge is 2.41. The van der Waals surface area contributed by atoms with Crippen LogP contribution in [0.15, 0.2) is 24.3 Å². The number of primary amides is 1. The van der Waals surface area contributed by atoms with Gasteiger partial charge in [0, 0.05) is 31.0 Å². The Kier molecular flexibility index (Phi) is 6.89. The highest BCUT2D eigenvalue weighted by atomic mass is 16.4. The molecule has 0 aromatic heterocycles. The Morgan fingerprint density at radius 2 is 1.92 bits per heavy atom. The summed E-state index contributed by atoms with van der Waals surface area (Å²) in [4.78, 5) is 47.8. The maximum absolute atomic E-state index is 12.9. The van der Waals surface area contributed by atoms with E-state index in [1.165, 1.54) is 0 Å². The standard InChI is InChI=1S/C19H24N2O5/c20-16(23)10-9-13(12-22)18-14-6-3-4-7-15(14)21(19(18)26)11-5-1-2-8-17(24)25/h3-4,6-7,12-13,18H,1-2,5,8-11H2,(H2,20,23)(H,24,25). The Hall–Kier alpha value is -2.70. The Bertz CT molecular complexity index is 688. The molecular weight excluding hydrogens is 336 g/mol. The molecule has 1 aromatic carbocycles. The topological polar surface area (TPSA) is 118 Å². The summed E-state index contributed by atoms with van der Waals surface area (Å²) in [6, 6.07) is 7.35. The number of carboxylic acids is 1. The molecular formula is C19H24N2O5. The number of amides is 2. The number of carbonyl (C=O) groups is 4. The fourth-order valence-electron chi connectivity index (χ4n) is 3.41. The van der Waals surface area contributed by atoms with Crippen LogP contribution in [0.25, 0.3) is 0 Å². The third-order valence-corrected chi connectivity index (χ3v) is 4.69. The van der Waals surface area contributed by atoms with Gasteiger partial charge in [0.1, 0.15) is 6.29 Å². The zero-order valence-electron chi connectivity index (χ0n) is 14.6. The summed E-state index contributed by atoms with van der Waals surface area (Å²) in [7, 11) is 0. The van der Waals surface area contributed by atoms with Gasteiger partial charge in [-0.25, -0.2) is 0 Å². The van der Waals surface area contributed by atoms with E-state index >= 15 is 0 Å². The van der Waals surface area contributed by atoms with E-state index in [1.54, 1.807) is 4.90 Å². The van der Waals surface area contributed by atoms with E-state index in [0.29, 0.717) is 25.8 Å². The van der Waals surface area contributed by atoms with Gasteiger partial charge in [-0.2, -0.15) is 0 Å². The molecule has 2 atom stereocenters. The Labute approximate surface area is 152 Å². The van der Waals surface area contributed by atoms with E-state index in [2.05, 4.69) is 0 Å². The molecule has 1 aliphatic rings. The minimum Gasteiger partial charge on any atom is -0.481 e. The maximum atomic E-state index is 12.9. The first-order chi connectivity index (χ1) is 12.5. The second-order valence-corrected chi connectivity index (χ2v) is 6.54. The van der Waals surface area contributed by atoms with Crippen molar-refractivity contribution in [1.82, 2.24) is 0 Å². The average Bonchev–Trinajstić information content (AvgIpc) is 2.87. The Balaban J connectivity index is 2.09. The third kappa shape index (κ3) is 4.68. The number of nitrogens with zero attached hydrogens (tertiary/aromatic N) is 1. The molecule has 7 nitrogen and oxygen atoms in total. The van der Waals surface area contributed by atoms with Gasteiger partial charge >= 0.3 is 5.97 Å². The maximum Gasteiger partial charge on any atom is 0.303 e. The van der Waals surface area contributed by atoms with Gasteiger partial charge in [0.2, 0.25) is 11.8 Å². The van der Waals surface area contributed by atoms with Crippen molar-refractivity contribution in [2.45, 2.75) is 44.4 Å². The molecule has 1 aromatic rings. The lowest BCUT2D eigenvalue weighted by molar-refractivity contribution is -0.137. The van der Waals surface area contributed by atoms with Crippen LogP contribution in [0.1, 0.15) is 50.0 Å². The van der Waals surface area contributed by atoms with Crippen molar-refractivity contribution in [1.29, 1.82) is 0 Å². The number of para-hydroxylation sites is 1. The van der Waals surface area contributed by atoms with E-state index < -0.39 is 23.7 Å². The lowest BCUT2D eigenvalue weighted by atomic mass is 9.85. The number of aldehydes is 1. The zero-order valence-corrected chi connectivity index (χ0v) is 14.6. The summed E-state index contributed by atoms with van der Waals surface area (Å²) in [6.07, 6.45) is 3.12. The van der Waals surface area contributed by atoms with Gasteiger partial charge in [0.15, 0.2) is 0 Å². The molecule has 0 radical (unpaired) electrons. The van der Waals surface area contributed by atoms with Gasteiger partial charge in [-0.3, -0.25) is 14.4 Å². The van der Waals surface area contributed by atoms with Crippen LogP contribution in [0, 0.1) is 5.92 Å². The second kappa shape index (κ2) is 9.12. The number of benzene rings is 1. The van der Waals surface area contributed by atoms with Crippen molar-refractivity contribution in [3.63, 3.8) is 0 Å². The first-order valence-corrected chi connectivity index (χ1v) is 8.81. The van der Waals surface area contributed by atoms with Crippen LogP contribution in [0.5, 0.6) is 0 Å². The Morgan fingerprint density at radius 3 is 2.58 bits per heavy atom. The predicted molar refractivity (Wildman–Crippen MR) is 95.6 cm³/mol. The summed E-state index contributed by atoms with van der Waals surface area (Å²) in [5.74, 6) is -2.65. The number of anilines is 1. The summed E-state index contributed by atoms with van der Waals surface area (Å²) < 4.78 is 0. The summed E-state index contributed by atoms with van der Waals surface area (Å²) in [5, 5.41) is 8.68. The minimum atomic E-state index is -0.823. The monoisotopic (exact) mass is 360 g/mol. The fourth-order valence-corrected chi connectivity index (χ4v) is 3.41. The number of rotatable bonds is 11. The van der Waals surface area contributed by atoms with Gasteiger partial charge in [-0.15, -0.1) is 0 Å².